The van der Waals surface area contributed by atoms with Crippen LogP contribution in [0.5, 0.6) is 0 Å². The van der Waals surface area contributed by atoms with Gasteiger partial charge in [-0.15, -0.1) is 0 Å². The van der Waals surface area contributed by atoms with Crippen LogP contribution < -0.4 is 11.1 Å². The van der Waals surface area contributed by atoms with Gasteiger partial charge >= 0.3 is 0 Å². The van der Waals surface area contributed by atoms with E-state index in [1.54, 1.807) is 19.0 Å². The number of carbonyl (C=O) groups is 1. The van der Waals surface area contributed by atoms with Crippen LogP contribution in [0.4, 0.5) is 5.82 Å². The van der Waals surface area contributed by atoms with E-state index >= 15 is 0 Å². The van der Waals surface area contributed by atoms with E-state index in [0.29, 0.717) is 18.5 Å². The summed E-state index contributed by atoms with van der Waals surface area (Å²) in [5, 5.41) is 3.32. The molecule has 1 aromatic heterocycles. The number of piperidine rings is 1. The fourth-order valence-electron chi connectivity index (χ4n) is 5.12. The summed E-state index contributed by atoms with van der Waals surface area (Å²) in [5.41, 5.74) is 12.2. The number of likely N-dealkylation sites (tertiary alicyclic amines) is 1. The lowest BCUT2D eigenvalue weighted by Gasteiger charge is -2.36. The molecular weight excluding hydrogens is 544 g/mol. The van der Waals surface area contributed by atoms with Crippen molar-refractivity contribution in [3.05, 3.63) is 88.4 Å². The van der Waals surface area contributed by atoms with E-state index < -0.39 is 0 Å². The van der Waals surface area contributed by atoms with Gasteiger partial charge in [0.1, 0.15) is 5.82 Å². The number of benzene rings is 1. The van der Waals surface area contributed by atoms with E-state index in [2.05, 4.69) is 73.8 Å². The maximum Gasteiger partial charge on any atom is 0.253 e. The predicted octanol–water partition coefficient (Wildman–Crippen LogP) is 8.11. The molecule has 2 aromatic rings. The van der Waals surface area contributed by atoms with E-state index in [0.717, 1.165) is 54.3 Å². The lowest BCUT2D eigenvalue weighted by Crippen LogP contribution is -2.35. The Morgan fingerprint density at radius 2 is 1.64 bits per heavy atom. The Morgan fingerprint density at radius 3 is 2.16 bits per heavy atom. The van der Waals surface area contributed by atoms with Crippen LogP contribution in [0, 0.1) is 0 Å². The Morgan fingerprint density at radius 1 is 1.05 bits per heavy atom. The van der Waals surface area contributed by atoms with Crippen LogP contribution in [0.25, 0.3) is 0 Å². The molecule has 1 amide bonds. The van der Waals surface area contributed by atoms with Crippen molar-refractivity contribution in [1.29, 1.82) is 0 Å². The number of rotatable bonds is 7. The maximum absolute atomic E-state index is 12.2. The zero-order chi connectivity index (χ0) is 33.2. The number of hydrogen-bond donors (Lipinski definition) is 2. The van der Waals surface area contributed by atoms with Crippen molar-refractivity contribution in [3.63, 3.8) is 0 Å². The van der Waals surface area contributed by atoms with Crippen LogP contribution in [0.1, 0.15) is 108 Å². The van der Waals surface area contributed by atoms with Gasteiger partial charge in [0.15, 0.2) is 0 Å². The van der Waals surface area contributed by atoms with Gasteiger partial charge in [-0.2, -0.15) is 0 Å². The standard InChI is InChI=1S/C30H40N6O.C3H8.2C2H6/c1-21(27-11-10-26(31)20-33-27)14-17-32-29-13-12-28(35(29)5)22(2)36-18-15-24(16-19-36)23-6-8-25(9-7-23)30(37)34(3)4;1-3-2;2*1-2/h6-14,17,22,24,33H,15-16,18-20,31H2,1-5H3;3H2,1-2H3;2*1-2H3/b21-14+,32-17-;;;. The van der Waals surface area contributed by atoms with Crippen molar-refractivity contribution < 1.29 is 4.79 Å². The van der Waals surface area contributed by atoms with E-state index in [4.69, 9.17) is 10.7 Å². The van der Waals surface area contributed by atoms with E-state index in [9.17, 15) is 4.79 Å². The highest BCUT2D eigenvalue weighted by atomic mass is 16.2. The predicted molar refractivity (Wildman–Crippen MR) is 191 cm³/mol. The van der Waals surface area contributed by atoms with E-state index in [1.807, 2.05) is 64.3 Å². The van der Waals surface area contributed by atoms with Crippen LogP contribution >= 0.6 is 0 Å². The fourth-order valence-corrected chi connectivity index (χ4v) is 5.12. The molecular formula is C37H60N6O. The molecule has 244 valence electrons. The first-order valence-electron chi connectivity index (χ1n) is 16.5. The third-order valence-electron chi connectivity index (χ3n) is 7.58. The van der Waals surface area contributed by atoms with Crippen LogP contribution in [-0.4, -0.2) is 60.2 Å². The number of nitrogens with two attached hydrogens (primary N) is 1. The smallest absolute Gasteiger partial charge is 0.253 e. The van der Waals surface area contributed by atoms with Crippen molar-refractivity contribution in [2.75, 3.05) is 33.7 Å². The van der Waals surface area contributed by atoms with Gasteiger partial charge in [-0.05, 0) is 99.3 Å². The molecule has 1 saturated heterocycles. The molecule has 44 heavy (non-hydrogen) atoms. The number of nitrogens with one attached hydrogen (secondary N) is 1. The Labute approximate surface area is 268 Å². The Hall–Kier alpha value is -3.58. The molecule has 7 nitrogen and oxygen atoms in total. The van der Waals surface area contributed by atoms with Crippen LogP contribution in [0.3, 0.4) is 0 Å². The van der Waals surface area contributed by atoms with Gasteiger partial charge in [0.05, 0.1) is 6.54 Å². The topological polar surface area (TPSA) is 78.9 Å². The average molecular weight is 605 g/mol. The normalized spacial score (nSPS) is 16.1. The molecule has 1 fully saturated rings. The SMILES string of the molecule is C/C(=C\C=N/c1ccc(C(C)N2CCC(c3ccc(C(=O)N(C)C)cc3)CC2)n1C)C1=CC=C(N)CN1.CC.CC.CCC. The first-order chi connectivity index (χ1) is 21.2. The first-order valence-corrected chi connectivity index (χ1v) is 16.5. The van der Waals surface area contributed by atoms with Crippen molar-refractivity contribution in [2.45, 2.75) is 86.6 Å². The molecule has 2 aliphatic rings. The van der Waals surface area contributed by atoms with Crippen molar-refractivity contribution in [1.82, 2.24) is 19.7 Å². The minimum atomic E-state index is 0.0503. The second-order valence-corrected chi connectivity index (χ2v) is 11.0. The minimum Gasteiger partial charge on any atom is -0.401 e. The summed E-state index contributed by atoms with van der Waals surface area (Å²) in [4.78, 5) is 21.1. The number of carbonyl (C=O) groups excluding carboxylic acids is 1. The molecule has 0 radical (unpaired) electrons. The summed E-state index contributed by atoms with van der Waals surface area (Å²) in [5.74, 6) is 1.54. The zero-order valence-electron chi connectivity index (χ0n) is 29.4. The number of amides is 1. The molecule has 3 heterocycles. The van der Waals surface area contributed by atoms with E-state index in [1.165, 1.54) is 17.7 Å². The molecule has 0 saturated carbocycles. The molecule has 1 aromatic carbocycles. The molecule has 3 N–H and O–H groups in total. The van der Waals surface area contributed by atoms with Gasteiger partial charge in [-0.3, -0.25) is 9.69 Å². The molecule has 4 rings (SSSR count). The van der Waals surface area contributed by atoms with Crippen molar-refractivity contribution in [2.24, 2.45) is 17.8 Å². The molecule has 2 aliphatic heterocycles. The highest BCUT2D eigenvalue weighted by Gasteiger charge is 2.26. The summed E-state index contributed by atoms with van der Waals surface area (Å²) in [6.45, 7) is 19.4. The van der Waals surface area contributed by atoms with Gasteiger partial charge in [0.25, 0.3) is 5.91 Å². The molecule has 0 aliphatic carbocycles. The minimum absolute atomic E-state index is 0.0503. The number of aromatic nitrogens is 1. The number of allylic oxidation sites excluding steroid dienone is 4. The number of aliphatic imine (C=N–C) groups is 1. The Balaban J connectivity index is 0.00000128. The highest BCUT2D eigenvalue weighted by molar-refractivity contribution is 5.93. The second-order valence-electron chi connectivity index (χ2n) is 11.0. The summed E-state index contributed by atoms with van der Waals surface area (Å²) < 4.78 is 2.19. The monoisotopic (exact) mass is 604 g/mol. The quantitative estimate of drug-likeness (QED) is 0.313. The lowest BCUT2D eigenvalue weighted by atomic mass is 9.88. The van der Waals surface area contributed by atoms with Crippen LogP contribution in [-0.2, 0) is 7.05 Å². The third kappa shape index (κ3) is 11.2. The maximum atomic E-state index is 12.2. The number of nitrogens with zero attached hydrogens (tertiary/aromatic N) is 4. The van der Waals surface area contributed by atoms with Gasteiger partial charge < -0.3 is 20.5 Å². The summed E-state index contributed by atoms with van der Waals surface area (Å²) in [6.07, 6.45) is 11.3. The molecule has 0 spiro atoms. The average Bonchev–Trinajstić information content (AvgIpc) is 3.42. The summed E-state index contributed by atoms with van der Waals surface area (Å²) in [6, 6.07) is 12.8. The number of dihydropyridines is 1. The van der Waals surface area contributed by atoms with E-state index in [-0.39, 0.29) is 5.91 Å². The molecule has 1 atom stereocenters. The molecule has 1 unspecified atom stereocenters. The first kappa shape index (κ1) is 38.4. The summed E-state index contributed by atoms with van der Waals surface area (Å²) in [7, 11) is 5.67. The zero-order valence-corrected chi connectivity index (χ0v) is 29.4. The van der Waals surface area contributed by atoms with Crippen molar-refractivity contribution >= 4 is 17.9 Å². The third-order valence-corrected chi connectivity index (χ3v) is 7.58. The summed E-state index contributed by atoms with van der Waals surface area (Å²) >= 11 is 0. The highest BCUT2D eigenvalue weighted by Crippen LogP contribution is 2.33. The van der Waals surface area contributed by atoms with Crippen LogP contribution in [0.15, 0.2) is 76.6 Å². The largest absolute Gasteiger partial charge is 0.401 e. The Kier molecular flexibility index (Phi) is 17.8. The Bertz CT molecular complexity index is 1240. The molecule has 0 bridgehead atoms. The van der Waals surface area contributed by atoms with Gasteiger partial charge in [-0.1, -0.05) is 60.1 Å². The number of hydrogen-bond acceptors (Lipinski definition) is 5. The van der Waals surface area contributed by atoms with Gasteiger partial charge in [0.2, 0.25) is 0 Å². The van der Waals surface area contributed by atoms with Gasteiger partial charge in [-0.25, -0.2) is 4.99 Å². The van der Waals surface area contributed by atoms with Crippen molar-refractivity contribution in [3.8, 4) is 0 Å². The lowest BCUT2D eigenvalue weighted by molar-refractivity contribution is 0.0827. The molecule has 7 heteroatoms. The van der Waals surface area contributed by atoms with Crippen LogP contribution in [0.2, 0.25) is 0 Å². The fraction of sp³-hybridized carbons (Fsp3) is 0.514. The second kappa shape index (κ2) is 20.4. The van der Waals surface area contributed by atoms with Gasteiger partial charge in [0, 0.05) is 56.1 Å².